The Labute approximate surface area is 169 Å². The number of hydrogen-bond acceptors (Lipinski definition) is 3. The number of nitrogens with one attached hydrogen (secondary N) is 1. The topological polar surface area (TPSA) is 58.6 Å². The molecule has 0 aliphatic carbocycles. The molecular weight excluding hydrogens is 387 g/mol. The van der Waals surface area contributed by atoms with E-state index in [1.54, 1.807) is 39.3 Å². The zero-order valence-corrected chi connectivity index (χ0v) is 17.0. The number of halogens is 2. The summed E-state index contributed by atoms with van der Waals surface area (Å²) in [6.07, 6.45) is 0.00992. The zero-order chi connectivity index (χ0) is 20.0. The molecule has 0 saturated heterocycles. The quantitative estimate of drug-likeness (QED) is 0.759. The van der Waals surface area contributed by atoms with Gasteiger partial charge in [0.15, 0.2) is 0 Å². The SMILES string of the molecule is CNC(=O)[C@@H](C)N(Cc1ccc(OC)cc1)C(=O)Cc1c(Cl)cccc1Cl. The van der Waals surface area contributed by atoms with E-state index in [4.69, 9.17) is 27.9 Å². The van der Waals surface area contributed by atoms with E-state index >= 15 is 0 Å². The highest BCUT2D eigenvalue weighted by Gasteiger charge is 2.26. The van der Waals surface area contributed by atoms with Gasteiger partial charge in [-0.05, 0) is 42.3 Å². The summed E-state index contributed by atoms with van der Waals surface area (Å²) >= 11 is 12.4. The third kappa shape index (κ3) is 5.37. The molecule has 0 aliphatic heterocycles. The van der Waals surface area contributed by atoms with Crippen LogP contribution < -0.4 is 10.1 Å². The number of hydrogen-bond donors (Lipinski definition) is 1. The van der Waals surface area contributed by atoms with Crippen LogP contribution in [0.25, 0.3) is 0 Å². The lowest BCUT2D eigenvalue weighted by Crippen LogP contribution is -2.47. The molecule has 0 aliphatic rings. The van der Waals surface area contributed by atoms with Crippen LogP contribution >= 0.6 is 23.2 Å². The lowest BCUT2D eigenvalue weighted by molar-refractivity contribution is -0.139. The van der Waals surface area contributed by atoms with Gasteiger partial charge in [0.2, 0.25) is 11.8 Å². The first-order chi connectivity index (χ1) is 12.9. The molecule has 0 spiro atoms. The van der Waals surface area contributed by atoms with Crippen molar-refractivity contribution in [2.24, 2.45) is 0 Å². The van der Waals surface area contributed by atoms with Gasteiger partial charge in [0.05, 0.1) is 13.5 Å². The number of carbonyl (C=O) groups is 2. The van der Waals surface area contributed by atoms with Crippen LogP contribution in [0.2, 0.25) is 10.0 Å². The molecule has 0 unspecified atom stereocenters. The molecule has 27 heavy (non-hydrogen) atoms. The van der Waals surface area contributed by atoms with Crippen LogP contribution in [-0.2, 0) is 22.6 Å². The van der Waals surface area contributed by atoms with Crippen LogP contribution in [0.3, 0.4) is 0 Å². The Morgan fingerprint density at radius 2 is 1.70 bits per heavy atom. The molecular formula is C20H22Cl2N2O3. The molecule has 0 bridgehead atoms. The van der Waals surface area contributed by atoms with Gasteiger partial charge in [0.25, 0.3) is 0 Å². The Balaban J connectivity index is 2.27. The van der Waals surface area contributed by atoms with E-state index in [0.717, 1.165) is 11.3 Å². The monoisotopic (exact) mass is 408 g/mol. The smallest absolute Gasteiger partial charge is 0.242 e. The van der Waals surface area contributed by atoms with Crippen LogP contribution in [0.5, 0.6) is 5.75 Å². The molecule has 2 rings (SSSR count). The number of benzene rings is 2. The molecule has 7 heteroatoms. The van der Waals surface area contributed by atoms with E-state index in [2.05, 4.69) is 5.32 Å². The maximum absolute atomic E-state index is 13.0. The summed E-state index contributed by atoms with van der Waals surface area (Å²) in [6.45, 7) is 1.97. The fraction of sp³-hybridized carbons (Fsp3) is 0.300. The van der Waals surface area contributed by atoms with E-state index in [1.165, 1.54) is 4.90 Å². The number of methoxy groups -OCH3 is 1. The molecule has 144 valence electrons. The van der Waals surface area contributed by atoms with E-state index in [-0.39, 0.29) is 24.8 Å². The zero-order valence-electron chi connectivity index (χ0n) is 15.5. The van der Waals surface area contributed by atoms with Crippen molar-refractivity contribution in [3.05, 3.63) is 63.6 Å². The summed E-state index contributed by atoms with van der Waals surface area (Å²) in [7, 11) is 3.13. The Morgan fingerprint density at radius 3 is 2.22 bits per heavy atom. The van der Waals surface area contributed by atoms with Crippen LogP contribution in [0.15, 0.2) is 42.5 Å². The van der Waals surface area contributed by atoms with Gasteiger partial charge in [0, 0.05) is 23.6 Å². The van der Waals surface area contributed by atoms with Gasteiger partial charge < -0.3 is 15.0 Å². The lowest BCUT2D eigenvalue weighted by atomic mass is 10.1. The van der Waals surface area contributed by atoms with Crippen molar-refractivity contribution in [3.8, 4) is 5.75 Å². The summed E-state index contributed by atoms with van der Waals surface area (Å²) in [5, 5.41) is 3.43. The van der Waals surface area contributed by atoms with E-state index in [1.807, 2.05) is 24.3 Å². The summed E-state index contributed by atoms with van der Waals surface area (Å²) in [5.41, 5.74) is 1.43. The standard InChI is InChI=1S/C20H22Cl2N2O3/c1-13(20(26)23-2)24(12-14-7-9-15(27-3)10-8-14)19(25)11-16-17(21)5-4-6-18(16)22/h4-10,13H,11-12H2,1-3H3,(H,23,26)/t13-/m1/s1. The fourth-order valence-electron chi connectivity index (χ4n) is 2.67. The average Bonchev–Trinajstić information content (AvgIpc) is 2.68. The van der Waals surface area contributed by atoms with Gasteiger partial charge in [-0.25, -0.2) is 0 Å². The fourth-order valence-corrected chi connectivity index (χ4v) is 3.20. The van der Waals surface area contributed by atoms with Crippen LogP contribution in [0.4, 0.5) is 0 Å². The highest BCUT2D eigenvalue weighted by atomic mass is 35.5. The van der Waals surface area contributed by atoms with Crippen LogP contribution in [0.1, 0.15) is 18.1 Å². The molecule has 2 aromatic carbocycles. The predicted octanol–water partition coefficient (Wildman–Crippen LogP) is 3.71. The average molecular weight is 409 g/mol. The van der Waals surface area contributed by atoms with Gasteiger partial charge in [-0.3, -0.25) is 9.59 Å². The number of amides is 2. The lowest BCUT2D eigenvalue weighted by Gasteiger charge is -2.28. The maximum Gasteiger partial charge on any atom is 0.242 e. The molecule has 0 heterocycles. The van der Waals surface area contributed by atoms with Crippen molar-refractivity contribution in [3.63, 3.8) is 0 Å². The molecule has 2 amide bonds. The molecule has 0 fully saturated rings. The summed E-state index contributed by atoms with van der Waals surface area (Å²) in [5.74, 6) is 0.234. The Hall–Kier alpha value is -2.24. The second-order valence-electron chi connectivity index (χ2n) is 6.04. The minimum atomic E-state index is -0.647. The minimum absolute atomic E-state index is 0.00992. The minimum Gasteiger partial charge on any atom is -0.497 e. The largest absolute Gasteiger partial charge is 0.497 e. The number of rotatable bonds is 7. The number of ether oxygens (including phenoxy) is 1. The first-order valence-corrected chi connectivity index (χ1v) is 9.19. The molecule has 1 atom stereocenters. The third-order valence-corrected chi connectivity index (χ3v) is 5.02. The van der Waals surface area contributed by atoms with Gasteiger partial charge in [-0.1, -0.05) is 41.4 Å². The summed E-state index contributed by atoms with van der Waals surface area (Å²) in [6, 6.07) is 11.8. The van der Waals surface area contributed by atoms with Gasteiger partial charge in [-0.2, -0.15) is 0 Å². The Morgan fingerprint density at radius 1 is 1.11 bits per heavy atom. The van der Waals surface area contributed by atoms with Gasteiger partial charge in [-0.15, -0.1) is 0 Å². The molecule has 2 aromatic rings. The van der Waals surface area contributed by atoms with Crippen molar-refractivity contribution < 1.29 is 14.3 Å². The van der Waals surface area contributed by atoms with Crippen LogP contribution in [-0.4, -0.2) is 36.9 Å². The molecule has 1 N–H and O–H groups in total. The number of carbonyl (C=O) groups excluding carboxylic acids is 2. The first-order valence-electron chi connectivity index (χ1n) is 8.44. The highest BCUT2D eigenvalue weighted by molar-refractivity contribution is 6.36. The Bertz CT molecular complexity index is 789. The molecule has 0 saturated carbocycles. The molecule has 5 nitrogen and oxygen atoms in total. The van der Waals surface area contributed by atoms with Crippen molar-refractivity contribution in [2.45, 2.75) is 25.9 Å². The maximum atomic E-state index is 13.0. The highest BCUT2D eigenvalue weighted by Crippen LogP contribution is 2.26. The van der Waals surface area contributed by atoms with Gasteiger partial charge in [0.1, 0.15) is 11.8 Å². The first kappa shape index (κ1) is 21.1. The second-order valence-corrected chi connectivity index (χ2v) is 6.85. The van der Waals surface area contributed by atoms with E-state index in [9.17, 15) is 9.59 Å². The molecule has 0 radical (unpaired) electrons. The van der Waals surface area contributed by atoms with Gasteiger partial charge >= 0.3 is 0 Å². The third-order valence-electron chi connectivity index (χ3n) is 4.32. The Kier molecular flexibility index (Phi) is 7.51. The van der Waals surface area contributed by atoms with Crippen LogP contribution in [0, 0.1) is 0 Å². The van der Waals surface area contributed by atoms with E-state index in [0.29, 0.717) is 15.6 Å². The summed E-state index contributed by atoms with van der Waals surface area (Å²) < 4.78 is 5.16. The predicted molar refractivity (Wildman–Crippen MR) is 107 cm³/mol. The normalized spacial score (nSPS) is 11.6. The van der Waals surface area contributed by atoms with E-state index < -0.39 is 6.04 Å². The second kappa shape index (κ2) is 9.62. The number of likely N-dealkylation sites (N-methyl/N-ethyl adjacent to an activating group) is 1. The van der Waals surface area contributed by atoms with Crippen molar-refractivity contribution in [1.82, 2.24) is 10.2 Å². The van der Waals surface area contributed by atoms with Crippen molar-refractivity contribution >= 4 is 35.0 Å². The van der Waals surface area contributed by atoms with Crippen molar-refractivity contribution in [1.29, 1.82) is 0 Å². The number of nitrogens with zero attached hydrogens (tertiary/aromatic N) is 1. The van der Waals surface area contributed by atoms with Crippen molar-refractivity contribution in [2.75, 3.05) is 14.2 Å². The molecule has 0 aromatic heterocycles. The summed E-state index contributed by atoms with van der Waals surface area (Å²) in [4.78, 5) is 26.7.